The largest absolute Gasteiger partial charge is 0.483 e. The van der Waals surface area contributed by atoms with Crippen LogP contribution < -0.4 is 10.1 Å². The van der Waals surface area contributed by atoms with Crippen molar-refractivity contribution in [2.24, 2.45) is 0 Å². The lowest BCUT2D eigenvalue weighted by molar-refractivity contribution is -0.118. The van der Waals surface area contributed by atoms with Crippen LogP contribution in [0.1, 0.15) is 37.3 Å². The van der Waals surface area contributed by atoms with E-state index in [4.69, 9.17) is 9.15 Å². The molecule has 0 unspecified atom stereocenters. The molecule has 4 rings (SSSR count). The topological polar surface area (TPSA) is 64.4 Å². The number of carbonyl (C=O) groups excluding carboxylic acids is 1. The van der Waals surface area contributed by atoms with Gasteiger partial charge in [-0.3, -0.25) is 4.79 Å². The Morgan fingerprint density at radius 3 is 2.61 bits per heavy atom. The number of nitrogens with zero attached hydrogens (tertiary/aromatic N) is 1. The van der Waals surface area contributed by atoms with E-state index in [9.17, 15) is 4.79 Å². The number of rotatable bonds is 7. The Hall–Kier alpha value is -3.60. The zero-order valence-corrected chi connectivity index (χ0v) is 18.0. The lowest BCUT2D eigenvalue weighted by Crippen LogP contribution is -2.20. The highest BCUT2D eigenvalue weighted by Gasteiger charge is 2.12. The van der Waals surface area contributed by atoms with E-state index in [0.717, 1.165) is 28.6 Å². The van der Waals surface area contributed by atoms with Crippen molar-refractivity contribution in [2.45, 2.75) is 33.1 Å². The van der Waals surface area contributed by atoms with Gasteiger partial charge in [0.05, 0.1) is 0 Å². The lowest BCUT2D eigenvalue weighted by Gasteiger charge is -2.09. The summed E-state index contributed by atoms with van der Waals surface area (Å²) in [5, 5.41) is 2.85. The number of ether oxygens (including phenoxy) is 1. The van der Waals surface area contributed by atoms with Crippen molar-refractivity contribution in [2.75, 3.05) is 11.9 Å². The van der Waals surface area contributed by atoms with Crippen LogP contribution in [-0.4, -0.2) is 17.5 Å². The van der Waals surface area contributed by atoms with Crippen LogP contribution in [0.25, 0.3) is 22.6 Å². The van der Waals surface area contributed by atoms with Gasteiger partial charge in [-0.25, -0.2) is 4.98 Å². The van der Waals surface area contributed by atoms with Gasteiger partial charge in [-0.2, -0.15) is 0 Å². The first kappa shape index (κ1) is 20.7. The minimum atomic E-state index is -0.213. The number of nitrogens with one attached hydrogen (secondary N) is 1. The van der Waals surface area contributed by atoms with Crippen LogP contribution in [0, 0.1) is 6.92 Å². The van der Waals surface area contributed by atoms with Crippen LogP contribution in [0.15, 0.2) is 71.1 Å². The van der Waals surface area contributed by atoms with Crippen molar-refractivity contribution in [3.63, 3.8) is 0 Å². The highest BCUT2D eigenvalue weighted by Crippen LogP contribution is 2.28. The van der Waals surface area contributed by atoms with Gasteiger partial charge in [0.15, 0.2) is 12.2 Å². The molecule has 31 heavy (non-hydrogen) atoms. The molecule has 0 spiro atoms. The molecule has 0 fully saturated rings. The number of aromatic nitrogens is 1. The fourth-order valence-electron chi connectivity index (χ4n) is 3.37. The molecule has 1 heterocycles. The summed E-state index contributed by atoms with van der Waals surface area (Å²) in [5.74, 6) is 1.55. The molecule has 158 valence electrons. The molecular formula is C26H26N2O3. The number of hydrogen-bond donors (Lipinski definition) is 1. The number of aryl methyl sites for hydroxylation is 1. The maximum Gasteiger partial charge on any atom is 0.262 e. The lowest BCUT2D eigenvalue weighted by atomic mass is 9.98. The van der Waals surface area contributed by atoms with E-state index in [1.54, 1.807) is 0 Å². The van der Waals surface area contributed by atoms with E-state index >= 15 is 0 Å². The van der Waals surface area contributed by atoms with Crippen molar-refractivity contribution in [1.82, 2.24) is 4.98 Å². The fraction of sp³-hybridized carbons (Fsp3) is 0.231. The Bertz CT molecular complexity index is 1190. The van der Waals surface area contributed by atoms with Crippen molar-refractivity contribution in [3.05, 3.63) is 77.9 Å². The number of fused-ring (bicyclic) bond motifs is 1. The van der Waals surface area contributed by atoms with Crippen LogP contribution in [0.2, 0.25) is 0 Å². The second kappa shape index (κ2) is 9.04. The summed E-state index contributed by atoms with van der Waals surface area (Å²) in [6, 6.07) is 21.2. The second-order valence-electron chi connectivity index (χ2n) is 7.74. The van der Waals surface area contributed by atoms with E-state index in [2.05, 4.69) is 36.3 Å². The summed E-state index contributed by atoms with van der Waals surface area (Å²) < 4.78 is 11.5. The maximum absolute atomic E-state index is 12.2. The first-order valence-electron chi connectivity index (χ1n) is 10.5. The minimum absolute atomic E-state index is 0.0454. The highest BCUT2D eigenvalue weighted by molar-refractivity contribution is 5.92. The predicted octanol–water partition coefficient (Wildman–Crippen LogP) is 6.33. The number of para-hydroxylation sites is 1. The van der Waals surface area contributed by atoms with Crippen LogP contribution in [-0.2, 0) is 4.79 Å². The molecular weight excluding hydrogens is 388 g/mol. The Morgan fingerprint density at radius 1 is 1.10 bits per heavy atom. The van der Waals surface area contributed by atoms with E-state index in [1.807, 2.05) is 61.5 Å². The molecule has 0 aliphatic heterocycles. The third kappa shape index (κ3) is 4.77. The third-order valence-corrected chi connectivity index (χ3v) is 5.46. The standard InChI is InChI=1S/C26H26N2O3/c1-4-17(2)20-11-14-24-22(15-20)28-26(31-24)19-9-12-21(13-10-19)27-25(29)16-30-23-8-6-5-7-18(23)3/h5-15,17H,4,16H2,1-3H3,(H,27,29)/t17-/m1/s1. The van der Waals surface area contributed by atoms with Crippen molar-refractivity contribution >= 4 is 22.7 Å². The van der Waals surface area contributed by atoms with Crippen LogP contribution >= 0.6 is 0 Å². The van der Waals surface area contributed by atoms with Gasteiger partial charge in [-0.05, 0) is 72.9 Å². The highest BCUT2D eigenvalue weighted by atomic mass is 16.5. The number of oxazole rings is 1. The second-order valence-corrected chi connectivity index (χ2v) is 7.74. The smallest absolute Gasteiger partial charge is 0.262 e. The summed E-state index contributed by atoms with van der Waals surface area (Å²) >= 11 is 0. The zero-order valence-electron chi connectivity index (χ0n) is 18.0. The Kier molecular flexibility index (Phi) is 6.03. The first-order chi connectivity index (χ1) is 15.0. The van der Waals surface area contributed by atoms with E-state index in [0.29, 0.717) is 23.2 Å². The molecule has 1 atom stereocenters. The summed E-state index contributed by atoms with van der Waals surface area (Å²) in [4.78, 5) is 16.9. The minimum Gasteiger partial charge on any atom is -0.483 e. The molecule has 0 saturated heterocycles. The quantitative estimate of drug-likeness (QED) is 0.383. The Morgan fingerprint density at radius 2 is 1.87 bits per heavy atom. The van der Waals surface area contributed by atoms with Crippen LogP contribution in [0.5, 0.6) is 5.75 Å². The summed E-state index contributed by atoms with van der Waals surface area (Å²) in [6.45, 7) is 6.29. The molecule has 4 aromatic rings. The molecule has 0 bridgehead atoms. The molecule has 5 heteroatoms. The Labute approximate surface area is 182 Å². The van der Waals surface area contributed by atoms with Gasteiger partial charge in [-0.1, -0.05) is 38.1 Å². The molecule has 1 amide bonds. The van der Waals surface area contributed by atoms with E-state index < -0.39 is 0 Å². The van der Waals surface area contributed by atoms with Gasteiger partial charge >= 0.3 is 0 Å². The van der Waals surface area contributed by atoms with Crippen LogP contribution in [0.3, 0.4) is 0 Å². The first-order valence-corrected chi connectivity index (χ1v) is 10.5. The normalized spacial score (nSPS) is 12.0. The number of anilines is 1. The van der Waals surface area contributed by atoms with Gasteiger partial charge in [0.1, 0.15) is 11.3 Å². The van der Waals surface area contributed by atoms with Crippen molar-refractivity contribution in [3.8, 4) is 17.2 Å². The third-order valence-electron chi connectivity index (χ3n) is 5.46. The van der Waals surface area contributed by atoms with Gasteiger partial charge < -0.3 is 14.5 Å². The van der Waals surface area contributed by atoms with E-state index in [-0.39, 0.29) is 12.5 Å². The SMILES string of the molecule is CC[C@@H](C)c1ccc2oc(-c3ccc(NC(=O)COc4ccccc4C)cc3)nc2c1. The maximum atomic E-state index is 12.2. The van der Waals surface area contributed by atoms with Gasteiger partial charge in [-0.15, -0.1) is 0 Å². The van der Waals surface area contributed by atoms with E-state index in [1.165, 1.54) is 5.56 Å². The van der Waals surface area contributed by atoms with Crippen molar-refractivity contribution < 1.29 is 13.9 Å². The van der Waals surface area contributed by atoms with Gasteiger partial charge in [0, 0.05) is 11.3 Å². The fourth-order valence-corrected chi connectivity index (χ4v) is 3.37. The molecule has 0 radical (unpaired) electrons. The number of hydrogen-bond acceptors (Lipinski definition) is 4. The summed E-state index contributed by atoms with van der Waals surface area (Å²) in [6.07, 6.45) is 1.08. The number of amides is 1. The molecule has 0 aliphatic carbocycles. The molecule has 1 aromatic heterocycles. The average molecular weight is 415 g/mol. The molecule has 0 aliphatic rings. The predicted molar refractivity (Wildman–Crippen MR) is 123 cm³/mol. The van der Waals surface area contributed by atoms with Gasteiger partial charge in [0.25, 0.3) is 5.91 Å². The number of benzene rings is 3. The number of carbonyl (C=O) groups is 1. The molecule has 1 N–H and O–H groups in total. The average Bonchev–Trinajstić information content (AvgIpc) is 3.22. The summed E-state index contributed by atoms with van der Waals surface area (Å²) in [5.41, 5.74) is 5.44. The molecule has 0 saturated carbocycles. The van der Waals surface area contributed by atoms with Crippen molar-refractivity contribution in [1.29, 1.82) is 0 Å². The van der Waals surface area contributed by atoms with Crippen LogP contribution in [0.4, 0.5) is 5.69 Å². The molecule has 3 aromatic carbocycles. The monoisotopic (exact) mass is 414 g/mol. The summed E-state index contributed by atoms with van der Waals surface area (Å²) in [7, 11) is 0. The zero-order chi connectivity index (χ0) is 21.8. The molecule has 5 nitrogen and oxygen atoms in total. The Balaban J connectivity index is 1.42. The van der Waals surface area contributed by atoms with Gasteiger partial charge in [0.2, 0.25) is 5.89 Å².